The lowest BCUT2D eigenvalue weighted by atomic mass is 9.97. The summed E-state index contributed by atoms with van der Waals surface area (Å²) in [5.74, 6) is 0.250. The quantitative estimate of drug-likeness (QED) is 0.445. The Morgan fingerprint density at radius 3 is 2.65 bits per heavy atom. The molecule has 3 aromatic rings. The van der Waals surface area contributed by atoms with E-state index in [1.165, 1.54) is 10.9 Å². The van der Waals surface area contributed by atoms with Gasteiger partial charge in [0.05, 0.1) is 30.5 Å². The Morgan fingerprint density at radius 2 is 2.03 bits per heavy atom. The molecule has 0 spiro atoms. The van der Waals surface area contributed by atoms with Gasteiger partial charge in [-0.3, -0.25) is 10.2 Å². The number of aromatic nitrogens is 4. The molecule has 2 aliphatic rings. The molecule has 0 aromatic carbocycles. The van der Waals surface area contributed by atoms with E-state index >= 15 is 0 Å². The minimum atomic E-state index is -0.440. The molecule has 3 N–H and O–H groups in total. The molecule has 3 aromatic heterocycles. The van der Waals surface area contributed by atoms with Gasteiger partial charge in [0, 0.05) is 32.4 Å². The van der Waals surface area contributed by atoms with Gasteiger partial charge in [-0.15, -0.1) is 0 Å². The fourth-order valence-corrected chi connectivity index (χ4v) is 4.63. The lowest BCUT2D eigenvalue weighted by Gasteiger charge is -2.42. The number of anilines is 2. The molecule has 5 rings (SSSR count). The van der Waals surface area contributed by atoms with E-state index in [1.807, 2.05) is 13.0 Å². The van der Waals surface area contributed by atoms with Gasteiger partial charge in [-0.2, -0.15) is 5.10 Å². The van der Waals surface area contributed by atoms with Crippen LogP contribution in [-0.4, -0.2) is 62.9 Å². The number of rotatable bonds is 7. The highest BCUT2D eigenvalue weighted by molar-refractivity contribution is 5.82. The minimum Gasteiger partial charge on any atom is -0.353 e. The Kier molecular flexibility index (Phi) is 6.78. The summed E-state index contributed by atoms with van der Waals surface area (Å²) in [4.78, 5) is 25.5. The minimum absolute atomic E-state index is 0.00494. The number of nitrogens with zero attached hydrogens (tertiary/aromatic N) is 6. The van der Waals surface area contributed by atoms with Crippen molar-refractivity contribution in [3.05, 3.63) is 59.6 Å². The largest absolute Gasteiger partial charge is 0.353 e. The van der Waals surface area contributed by atoms with Gasteiger partial charge in [0.2, 0.25) is 5.91 Å². The van der Waals surface area contributed by atoms with Gasteiger partial charge in [-0.25, -0.2) is 28.9 Å². The first kappa shape index (κ1) is 25.0. The van der Waals surface area contributed by atoms with Crippen LogP contribution in [0.15, 0.2) is 36.8 Å². The highest BCUT2D eigenvalue weighted by atomic mass is 19.1. The maximum Gasteiger partial charge on any atom is 0.229 e. The highest BCUT2D eigenvalue weighted by Crippen LogP contribution is 2.31. The average molecular weight is 512 g/mol. The normalized spacial score (nSPS) is 20.5. The Morgan fingerprint density at radius 1 is 1.24 bits per heavy atom. The Balaban J connectivity index is 1.20. The summed E-state index contributed by atoms with van der Waals surface area (Å²) in [6.45, 7) is 6.50. The van der Waals surface area contributed by atoms with Gasteiger partial charge < -0.3 is 15.1 Å². The van der Waals surface area contributed by atoms with E-state index in [0.29, 0.717) is 36.3 Å². The van der Waals surface area contributed by atoms with E-state index in [1.54, 1.807) is 42.1 Å². The van der Waals surface area contributed by atoms with Crippen molar-refractivity contribution in [2.75, 3.05) is 30.4 Å². The predicted molar refractivity (Wildman–Crippen MR) is 135 cm³/mol. The Labute approximate surface area is 214 Å². The zero-order chi connectivity index (χ0) is 26.3. The molecule has 0 radical (unpaired) electrons. The van der Waals surface area contributed by atoms with Crippen LogP contribution in [0.4, 0.5) is 20.4 Å². The molecule has 2 unspecified atom stereocenters. The molecule has 0 aliphatic carbocycles. The van der Waals surface area contributed by atoms with Gasteiger partial charge in [0.25, 0.3) is 0 Å². The second-order valence-corrected chi connectivity index (χ2v) is 9.86. The first-order valence-electron chi connectivity index (χ1n) is 12.3. The van der Waals surface area contributed by atoms with Crippen LogP contribution in [-0.2, 0) is 4.79 Å². The van der Waals surface area contributed by atoms with Gasteiger partial charge in [-0.1, -0.05) is 6.07 Å². The third-order valence-electron chi connectivity index (χ3n) is 7.04. The van der Waals surface area contributed by atoms with Crippen LogP contribution in [0.5, 0.6) is 0 Å². The topological polar surface area (TPSA) is 103 Å². The third kappa shape index (κ3) is 5.12. The number of hydrazine groups is 1. The van der Waals surface area contributed by atoms with Crippen molar-refractivity contribution in [2.45, 2.75) is 45.4 Å². The molecular formula is C25H31F2N9O. The molecule has 37 heavy (non-hydrogen) atoms. The molecule has 10 nitrogen and oxygen atoms in total. The molecular weight excluding hydrogens is 480 g/mol. The highest BCUT2D eigenvalue weighted by Gasteiger charge is 2.38. The number of carbonyl (C=O) groups is 1. The average Bonchev–Trinajstić information content (AvgIpc) is 3.47. The van der Waals surface area contributed by atoms with Crippen molar-refractivity contribution in [1.29, 1.82) is 0 Å². The standard InChI is InChI=1S/C25H31F2N9O/c1-14-7-20(30-21-8-15(2)32-33-21)31-24(23(14)27)35-11-18(12-35)25(37)34(4)16(3)17-5-6-22(28-9-17)36-13-19(26)10-29-36/h5-7,9-10,13,15-16,18,21,32-33H,8,11-12H2,1-4H3,(H,30,31)/t15?,16-,21?/m0/s1. The van der Waals surface area contributed by atoms with Crippen molar-refractivity contribution in [2.24, 2.45) is 5.92 Å². The van der Waals surface area contributed by atoms with Crippen molar-refractivity contribution >= 4 is 17.5 Å². The Bertz CT molecular complexity index is 1280. The van der Waals surface area contributed by atoms with Crippen LogP contribution in [0.25, 0.3) is 5.82 Å². The molecule has 2 saturated heterocycles. The third-order valence-corrected chi connectivity index (χ3v) is 7.04. The van der Waals surface area contributed by atoms with Gasteiger partial charge in [0.15, 0.2) is 23.3 Å². The number of nitrogens with one attached hydrogen (secondary N) is 3. The summed E-state index contributed by atoms with van der Waals surface area (Å²) >= 11 is 0. The maximum atomic E-state index is 14.9. The monoisotopic (exact) mass is 511 g/mol. The predicted octanol–water partition coefficient (Wildman–Crippen LogP) is 2.53. The second-order valence-electron chi connectivity index (χ2n) is 9.86. The lowest BCUT2D eigenvalue weighted by molar-refractivity contribution is -0.137. The number of hydrogen-bond donors (Lipinski definition) is 3. The van der Waals surface area contributed by atoms with E-state index < -0.39 is 5.82 Å². The molecule has 1 amide bonds. The van der Waals surface area contributed by atoms with Crippen LogP contribution in [0.3, 0.4) is 0 Å². The molecule has 0 saturated carbocycles. The van der Waals surface area contributed by atoms with Crippen LogP contribution >= 0.6 is 0 Å². The maximum absolute atomic E-state index is 14.9. The van der Waals surface area contributed by atoms with Crippen molar-refractivity contribution in [3.8, 4) is 5.82 Å². The van der Waals surface area contributed by atoms with Crippen LogP contribution in [0.2, 0.25) is 0 Å². The number of hydrogen-bond acceptors (Lipinski definition) is 8. The summed E-state index contributed by atoms with van der Waals surface area (Å²) in [5.41, 5.74) is 7.65. The molecule has 196 valence electrons. The lowest BCUT2D eigenvalue weighted by Crippen LogP contribution is -2.55. The van der Waals surface area contributed by atoms with Gasteiger partial charge in [0.1, 0.15) is 5.82 Å². The van der Waals surface area contributed by atoms with E-state index in [-0.39, 0.29) is 35.7 Å². The van der Waals surface area contributed by atoms with Crippen LogP contribution in [0.1, 0.15) is 37.4 Å². The smallest absolute Gasteiger partial charge is 0.229 e. The molecule has 2 aliphatic heterocycles. The van der Waals surface area contributed by atoms with E-state index in [0.717, 1.165) is 18.2 Å². The zero-order valence-corrected chi connectivity index (χ0v) is 21.2. The summed E-state index contributed by atoms with van der Waals surface area (Å²) < 4.78 is 29.5. The summed E-state index contributed by atoms with van der Waals surface area (Å²) in [7, 11) is 1.75. The summed E-state index contributed by atoms with van der Waals surface area (Å²) in [5, 5.41) is 7.21. The number of carbonyl (C=O) groups excluding carboxylic acids is 1. The molecule has 5 heterocycles. The summed E-state index contributed by atoms with van der Waals surface area (Å²) in [6, 6.07) is 5.38. The van der Waals surface area contributed by atoms with Gasteiger partial charge >= 0.3 is 0 Å². The zero-order valence-electron chi connectivity index (χ0n) is 21.2. The summed E-state index contributed by atoms with van der Waals surface area (Å²) in [6.07, 6.45) is 4.90. The number of aryl methyl sites for hydroxylation is 1. The van der Waals surface area contributed by atoms with Crippen LogP contribution < -0.4 is 21.1 Å². The second kappa shape index (κ2) is 10.0. The van der Waals surface area contributed by atoms with Crippen molar-refractivity contribution in [1.82, 2.24) is 35.5 Å². The number of amides is 1. The first-order chi connectivity index (χ1) is 17.7. The van der Waals surface area contributed by atoms with Crippen molar-refractivity contribution in [3.63, 3.8) is 0 Å². The molecule has 2 fully saturated rings. The Hall–Kier alpha value is -3.64. The van der Waals surface area contributed by atoms with E-state index in [9.17, 15) is 13.6 Å². The van der Waals surface area contributed by atoms with Crippen molar-refractivity contribution < 1.29 is 13.6 Å². The van der Waals surface area contributed by atoms with Gasteiger partial charge in [-0.05, 0) is 50.5 Å². The molecule has 3 atom stereocenters. The van der Waals surface area contributed by atoms with E-state index in [2.05, 4.69) is 38.2 Å². The SMILES string of the molecule is Cc1cc(NC2CC(C)NN2)nc(N2CC(C(=O)N(C)[C@@H](C)c3ccc(-n4cc(F)cn4)nc3)C2)c1F. The fraction of sp³-hybridized carbons (Fsp3) is 0.440. The fourth-order valence-electron chi connectivity index (χ4n) is 4.63. The molecule has 0 bridgehead atoms. The number of halogens is 2. The van der Waals surface area contributed by atoms with Crippen LogP contribution in [0, 0.1) is 24.5 Å². The van der Waals surface area contributed by atoms with E-state index in [4.69, 9.17) is 0 Å². The first-order valence-corrected chi connectivity index (χ1v) is 12.3. The molecule has 12 heteroatoms. The number of pyridine rings is 2.